The van der Waals surface area contributed by atoms with Crippen molar-refractivity contribution in [1.29, 1.82) is 0 Å². The van der Waals surface area contributed by atoms with E-state index in [9.17, 15) is 4.79 Å². The van der Waals surface area contributed by atoms with Crippen molar-refractivity contribution in [3.8, 4) is 0 Å². The molecule has 0 spiro atoms. The average molecular weight is 437 g/mol. The van der Waals surface area contributed by atoms with E-state index in [1.165, 1.54) is 11.8 Å². The maximum absolute atomic E-state index is 12.6. The molecule has 9 heteroatoms. The van der Waals surface area contributed by atoms with E-state index in [-0.39, 0.29) is 11.9 Å². The van der Waals surface area contributed by atoms with Crippen molar-refractivity contribution in [1.82, 2.24) is 29.5 Å². The van der Waals surface area contributed by atoms with Crippen LogP contribution in [0, 0.1) is 0 Å². The van der Waals surface area contributed by atoms with Gasteiger partial charge >= 0.3 is 0 Å². The van der Waals surface area contributed by atoms with Crippen molar-refractivity contribution >= 4 is 17.7 Å². The molecule has 1 aliphatic heterocycles. The normalized spacial score (nSPS) is 15.9. The second-order valence-electron chi connectivity index (χ2n) is 7.50. The number of ether oxygens (including phenoxy) is 1. The van der Waals surface area contributed by atoms with Crippen LogP contribution < -0.4 is 0 Å². The molecule has 1 aliphatic rings. The minimum atomic E-state index is 0.0451. The molecular weight excluding hydrogens is 400 g/mol. The van der Waals surface area contributed by atoms with Gasteiger partial charge in [0.25, 0.3) is 0 Å². The highest BCUT2D eigenvalue weighted by molar-refractivity contribution is 7.99. The number of amides is 1. The van der Waals surface area contributed by atoms with E-state index >= 15 is 0 Å². The zero-order chi connectivity index (χ0) is 21.9. The fourth-order valence-corrected chi connectivity index (χ4v) is 4.39. The van der Waals surface area contributed by atoms with Crippen LogP contribution in [0.4, 0.5) is 0 Å². The number of thioether (sulfide) groups is 1. The Labute approximate surface area is 184 Å². The third-order valence-corrected chi connectivity index (χ3v) is 6.13. The first-order valence-corrected chi connectivity index (χ1v) is 11.5. The van der Waals surface area contributed by atoms with Crippen LogP contribution in [0.5, 0.6) is 0 Å². The maximum atomic E-state index is 12.6. The summed E-state index contributed by atoms with van der Waals surface area (Å²) in [6, 6.07) is 0.185. The molecule has 30 heavy (non-hydrogen) atoms. The molecule has 1 atom stereocenters. The quantitative estimate of drug-likeness (QED) is 0.346. The maximum Gasteiger partial charge on any atom is 0.233 e. The van der Waals surface area contributed by atoms with Crippen molar-refractivity contribution in [3.05, 3.63) is 31.1 Å². The lowest BCUT2D eigenvalue weighted by molar-refractivity contribution is -0.127. The van der Waals surface area contributed by atoms with E-state index in [1.54, 1.807) is 17.1 Å². The van der Waals surface area contributed by atoms with Gasteiger partial charge in [0.05, 0.1) is 25.0 Å². The molecule has 0 aromatic carbocycles. The van der Waals surface area contributed by atoms with Gasteiger partial charge in [-0.15, -0.1) is 23.4 Å². The summed E-state index contributed by atoms with van der Waals surface area (Å²) in [6.07, 6.45) is 4.41. The fraction of sp³-hybridized carbons (Fsp3) is 0.667. The molecule has 168 valence electrons. The number of carbonyl (C=O) groups excluding carboxylic acids is 1. The molecule has 1 aromatic heterocycles. The molecule has 0 radical (unpaired) electrons. The van der Waals surface area contributed by atoms with Crippen molar-refractivity contribution in [3.63, 3.8) is 0 Å². The lowest BCUT2D eigenvalue weighted by Crippen LogP contribution is -2.38. The lowest BCUT2D eigenvalue weighted by Gasteiger charge is -2.28. The summed E-state index contributed by atoms with van der Waals surface area (Å²) in [7, 11) is 4.13. The number of rotatable bonds is 13. The Morgan fingerprint density at radius 3 is 2.43 bits per heavy atom. The monoisotopic (exact) mass is 436 g/mol. The predicted octanol–water partition coefficient (Wildman–Crippen LogP) is 1.92. The van der Waals surface area contributed by atoms with Crippen molar-refractivity contribution in [2.45, 2.75) is 31.1 Å². The number of hydrogen-bond acceptors (Lipinski definition) is 7. The van der Waals surface area contributed by atoms with E-state index in [0.717, 1.165) is 56.8 Å². The summed E-state index contributed by atoms with van der Waals surface area (Å²) in [5.41, 5.74) is 0. The summed E-state index contributed by atoms with van der Waals surface area (Å²) >= 11 is 1.45. The summed E-state index contributed by atoms with van der Waals surface area (Å²) in [5, 5.41) is 9.76. The number of aromatic nitrogens is 3. The molecule has 1 fully saturated rings. The second-order valence-corrected chi connectivity index (χ2v) is 8.44. The molecule has 1 amide bonds. The number of carbonyl (C=O) groups is 1. The zero-order valence-electron chi connectivity index (χ0n) is 18.6. The van der Waals surface area contributed by atoms with Crippen LogP contribution in [-0.4, -0.2) is 101 Å². The summed E-state index contributed by atoms with van der Waals surface area (Å²) in [4.78, 5) is 18.9. The van der Waals surface area contributed by atoms with Crippen LogP contribution in [0.1, 0.15) is 25.2 Å². The smallest absolute Gasteiger partial charge is 0.233 e. The van der Waals surface area contributed by atoms with Crippen molar-refractivity contribution in [2.24, 2.45) is 0 Å². The minimum absolute atomic E-state index is 0.0451. The molecule has 0 saturated carbocycles. The average Bonchev–Trinajstić information content (AvgIpc) is 3.13. The van der Waals surface area contributed by atoms with Crippen LogP contribution in [0.25, 0.3) is 0 Å². The van der Waals surface area contributed by atoms with Gasteiger partial charge in [0.15, 0.2) is 11.0 Å². The SMILES string of the molecule is C=CCN(CC=C)C(=O)CSc1nnc([C@@H](CC)N(C)C)n1CCN1CCOCC1. The Bertz CT molecular complexity index is 677. The number of morpholine rings is 1. The number of hydrogen-bond donors (Lipinski definition) is 0. The topological polar surface area (TPSA) is 66.7 Å². The lowest BCUT2D eigenvalue weighted by atomic mass is 10.2. The Hall–Kier alpha value is -1.68. The Kier molecular flexibility index (Phi) is 10.6. The van der Waals surface area contributed by atoms with Crippen LogP contribution >= 0.6 is 11.8 Å². The third-order valence-electron chi connectivity index (χ3n) is 5.17. The molecule has 0 aliphatic carbocycles. The van der Waals surface area contributed by atoms with E-state index in [4.69, 9.17) is 4.74 Å². The van der Waals surface area contributed by atoms with Gasteiger partial charge in [0, 0.05) is 39.3 Å². The highest BCUT2D eigenvalue weighted by atomic mass is 32.2. The van der Waals surface area contributed by atoms with Crippen LogP contribution in [0.15, 0.2) is 30.5 Å². The first-order chi connectivity index (χ1) is 14.5. The molecule has 0 unspecified atom stereocenters. The van der Waals surface area contributed by atoms with Gasteiger partial charge in [-0.1, -0.05) is 30.8 Å². The van der Waals surface area contributed by atoms with Gasteiger partial charge in [-0.2, -0.15) is 0 Å². The van der Waals surface area contributed by atoms with Gasteiger partial charge in [0.2, 0.25) is 5.91 Å². The van der Waals surface area contributed by atoms with E-state index in [1.807, 2.05) is 0 Å². The standard InChI is InChI=1S/C21H36N6O2S/c1-6-9-26(10-7-2)19(28)17-30-21-23-22-20(18(8-3)24(4)5)27(21)12-11-25-13-15-29-16-14-25/h6-7,18H,1-2,8-17H2,3-5H3/t18-/m1/s1. The van der Waals surface area contributed by atoms with Crippen molar-refractivity contribution in [2.75, 3.05) is 65.8 Å². The largest absolute Gasteiger partial charge is 0.379 e. The van der Waals surface area contributed by atoms with Crippen LogP contribution in [-0.2, 0) is 16.1 Å². The highest BCUT2D eigenvalue weighted by Crippen LogP contribution is 2.25. The van der Waals surface area contributed by atoms with E-state index in [0.29, 0.717) is 18.8 Å². The molecule has 2 heterocycles. The molecular formula is C21H36N6O2S. The molecule has 0 bridgehead atoms. The molecule has 1 saturated heterocycles. The number of nitrogens with zero attached hydrogens (tertiary/aromatic N) is 6. The Morgan fingerprint density at radius 2 is 1.87 bits per heavy atom. The first kappa shape index (κ1) is 24.6. The predicted molar refractivity (Wildman–Crippen MR) is 122 cm³/mol. The van der Waals surface area contributed by atoms with E-state index in [2.05, 4.69) is 58.7 Å². The fourth-order valence-electron chi connectivity index (χ4n) is 3.52. The van der Waals surface area contributed by atoms with Gasteiger partial charge in [-0.3, -0.25) is 14.6 Å². The molecule has 2 rings (SSSR count). The van der Waals surface area contributed by atoms with Gasteiger partial charge in [-0.05, 0) is 20.5 Å². The first-order valence-electron chi connectivity index (χ1n) is 10.5. The van der Waals surface area contributed by atoms with Gasteiger partial charge < -0.3 is 14.2 Å². The Balaban J connectivity index is 2.14. The van der Waals surface area contributed by atoms with Crippen LogP contribution in [0.3, 0.4) is 0 Å². The van der Waals surface area contributed by atoms with Gasteiger partial charge in [-0.25, -0.2) is 0 Å². The zero-order valence-corrected chi connectivity index (χ0v) is 19.4. The summed E-state index contributed by atoms with van der Waals surface area (Å²) in [5.74, 6) is 1.32. The van der Waals surface area contributed by atoms with Crippen molar-refractivity contribution < 1.29 is 9.53 Å². The summed E-state index contributed by atoms with van der Waals surface area (Å²) < 4.78 is 7.65. The van der Waals surface area contributed by atoms with Gasteiger partial charge in [0.1, 0.15) is 0 Å². The Morgan fingerprint density at radius 1 is 1.20 bits per heavy atom. The van der Waals surface area contributed by atoms with E-state index < -0.39 is 0 Å². The minimum Gasteiger partial charge on any atom is -0.379 e. The molecule has 1 aromatic rings. The summed E-state index contributed by atoms with van der Waals surface area (Å²) in [6.45, 7) is 15.8. The highest BCUT2D eigenvalue weighted by Gasteiger charge is 2.23. The van der Waals surface area contributed by atoms with Crippen LogP contribution in [0.2, 0.25) is 0 Å². The molecule has 0 N–H and O–H groups in total. The third kappa shape index (κ3) is 6.94. The second kappa shape index (κ2) is 12.9. The molecule has 8 nitrogen and oxygen atoms in total.